The molecule has 4 nitrogen and oxygen atoms in total. The SMILES string of the molecule is Cc1ccc2nc(NC(=O)[C@@H](C)C(C)C)n(-c3ccc(F)cc3)c2c1. The average molecular weight is 339 g/mol. The van der Waals surface area contributed by atoms with E-state index in [0.29, 0.717) is 5.95 Å². The molecule has 0 aliphatic carbocycles. The lowest BCUT2D eigenvalue weighted by Gasteiger charge is -2.16. The summed E-state index contributed by atoms with van der Waals surface area (Å²) in [5.41, 5.74) is 3.49. The van der Waals surface area contributed by atoms with Gasteiger partial charge in [-0.15, -0.1) is 0 Å². The van der Waals surface area contributed by atoms with E-state index in [1.165, 1.54) is 12.1 Å². The number of rotatable bonds is 4. The second kappa shape index (κ2) is 6.67. The third-order valence-electron chi connectivity index (χ3n) is 4.54. The Hall–Kier alpha value is -2.69. The van der Waals surface area contributed by atoms with Crippen LogP contribution in [0.25, 0.3) is 16.7 Å². The molecule has 1 atom stereocenters. The molecular weight excluding hydrogens is 317 g/mol. The van der Waals surface area contributed by atoms with E-state index < -0.39 is 0 Å². The van der Waals surface area contributed by atoms with E-state index in [9.17, 15) is 9.18 Å². The van der Waals surface area contributed by atoms with Gasteiger partial charge in [0.2, 0.25) is 11.9 Å². The minimum atomic E-state index is -0.302. The van der Waals surface area contributed by atoms with E-state index in [-0.39, 0.29) is 23.6 Å². The monoisotopic (exact) mass is 339 g/mol. The molecule has 0 saturated heterocycles. The van der Waals surface area contributed by atoms with Crippen molar-refractivity contribution < 1.29 is 9.18 Å². The van der Waals surface area contributed by atoms with Gasteiger partial charge in [0.1, 0.15) is 5.82 Å². The van der Waals surface area contributed by atoms with Crippen molar-refractivity contribution in [2.24, 2.45) is 11.8 Å². The van der Waals surface area contributed by atoms with Crippen LogP contribution in [0.3, 0.4) is 0 Å². The van der Waals surface area contributed by atoms with E-state index in [1.807, 2.05) is 50.5 Å². The van der Waals surface area contributed by atoms with E-state index in [1.54, 1.807) is 12.1 Å². The second-order valence-corrected chi connectivity index (χ2v) is 6.76. The van der Waals surface area contributed by atoms with Gasteiger partial charge in [-0.05, 0) is 54.8 Å². The van der Waals surface area contributed by atoms with Crippen LogP contribution < -0.4 is 5.32 Å². The van der Waals surface area contributed by atoms with Gasteiger partial charge in [0.15, 0.2) is 0 Å². The number of anilines is 1. The van der Waals surface area contributed by atoms with Gasteiger partial charge >= 0.3 is 0 Å². The number of amides is 1. The number of aryl methyl sites for hydroxylation is 1. The van der Waals surface area contributed by atoms with Crippen LogP contribution in [0, 0.1) is 24.6 Å². The number of hydrogen-bond acceptors (Lipinski definition) is 2. The summed E-state index contributed by atoms with van der Waals surface area (Å²) in [7, 11) is 0. The molecule has 0 spiro atoms. The molecule has 130 valence electrons. The van der Waals surface area contributed by atoms with E-state index in [4.69, 9.17) is 0 Å². The van der Waals surface area contributed by atoms with Crippen LogP contribution in [0.4, 0.5) is 10.3 Å². The van der Waals surface area contributed by atoms with Crippen molar-refractivity contribution in [2.75, 3.05) is 5.32 Å². The Labute approximate surface area is 146 Å². The minimum absolute atomic E-state index is 0.0783. The van der Waals surface area contributed by atoms with Crippen molar-refractivity contribution in [2.45, 2.75) is 27.7 Å². The quantitative estimate of drug-likeness (QED) is 0.749. The summed E-state index contributed by atoms with van der Waals surface area (Å²) in [6, 6.07) is 12.1. The van der Waals surface area contributed by atoms with Crippen LogP contribution in [0.1, 0.15) is 26.3 Å². The highest BCUT2D eigenvalue weighted by Crippen LogP contribution is 2.26. The molecule has 5 heteroatoms. The van der Waals surface area contributed by atoms with Crippen molar-refractivity contribution in [3.8, 4) is 5.69 Å². The first-order chi connectivity index (χ1) is 11.9. The maximum atomic E-state index is 13.3. The largest absolute Gasteiger partial charge is 0.295 e. The molecule has 1 amide bonds. The molecule has 3 aromatic rings. The molecule has 0 saturated carbocycles. The first-order valence-electron chi connectivity index (χ1n) is 8.42. The molecule has 25 heavy (non-hydrogen) atoms. The molecular formula is C20H22FN3O. The molecule has 1 heterocycles. The molecule has 0 unspecified atom stereocenters. The fourth-order valence-electron chi connectivity index (χ4n) is 2.65. The summed E-state index contributed by atoms with van der Waals surface area (Å²) in [5, 5.41) is 2.93. The minimum Gasteiger partial charge on any atom is -0.295 e. The highest BCUT2D eigenvalue weighted by molar-refractivity contribution is 5.94. The molecule has 3 rings (SSSR count). The number of carbonyl (C=O) groups is 1. The Bertz CT molecular complexity index is 913. The Morgan fingerprint density at radius 1 is 1.12 bits per heavy atom. The summed E-state index contributed by atoms with van der Waals surface area (Å²) in [6.45, 7) is 7.92. The van der Waals surface area contributed by atoms with Crippen molar-refractivity contribution in [3.63, 3.8) is 0 Å². The summed E-state index contributed by atoms with van der Waals surface area (Å²) in [4.78, 5) is 17.1. The Kier molecular flexibility index (Phi) is 4.57. The lowest BCUT2D eigenvalue weighted by atomic mass is 9.97. The van der Waals surface area contributed by atoms with Crippen LogP contribution in [0.2, 0.25) is 0 Å². The standard InChI is InChI=1S/C20H22FN3O/c1-12(2)14(4)19(25)23-20-22-17-10-5-13(3)11-18(17)24(20)16-8-6-15(21)7-9-16/h5-12,14H,1-4H3,(H,22,23,25)/t14-/m0/s1. The van der Waals surface area contributed by atoms with Gasteiger partial charge in [-0.25, -0.2) is 9.37 Å². The third-order valence-corrected chi connectivity index (χ3v) is 4.54. The Morgan fingerprint density at radius 2 is 1.80 bits per heavy atom. The first-order valence-corrected chi connectivity index (χ1v) is 8.42. The molecule has 2 aromatic carbocycles. The summed E-state index contributed by atoms with van der Waals surface area (Å²) >= 11 is 0. The average Bonchev–Trinajstić information content (AvgIpc) is 2.91. The number of halogens is 1. The van der Waals surface area contributed by atoms with Crippen molar-refractivity contribution in [3.05, 3.63) is 53.8 Å². The van der Waals surface area contributed by atoms with Crippen LogP contribution in [-0.4, -0.2) is 15.5 Å². The molecule has 0 aliphatic rings. The van der Waals surface area contributed by atoms with E-state index >= 15 is 0 Å². The fourth-order valence-corrected chi connectivity index (χ4v) is 2.65. The zero-order chi connectivity index (χ0) is 18.1. The van der Waals surface area contributed by atoms with Gasteiger partial charge in [-0.2, -0.15) is 0 Å². The highest BCUT2D eigenvalue weighted by Gasteiger charge is 2.20. The summed E-state index contributed by atoms with van der Waals surface area (Å²) in [6.07, 6.45) is 0. The maximum Gasteiger partial charge on any atom is 0.229 e. The molecule has 0 radical (unpaired) electrons. The van der Waals surface area contributed by atoms with Crippen LogP contribution in [0.15, 0.2) is 42.5 Å². The van der Waals surface area contributed by atoms with Crippen LogP contribution in [-0.2, 0) is 4.79 Å². The maximum absolute atomic E-state index is 13.3. The van der Waals surface area contributed by atoms with Crippen LogP contribution in [0.5, 0.6) is 0 Å². The molecule has 0 bridgehead atoms. The van der Waals surface area contributed by atoms with Gasteiger partial charge in [-0.1, -0.05) is 26.8 Å². The molecule has 1 aromatic heterocycles. The van der Waals surface area contributed by atoms with Gasteiger partial charge in [0.25, 0.3) is 0 Å². The number of benzene rings is 2. The Balaban J connectivity index is 2.12. The topological polar surface area (TPSA) is 46.9 Å². The second-order valence-electron chi connectivity index (χ2n) is 6.76. The lowest BCUT2D eigenvalue weighted by Crippen LogP contribution is -2.25. The van der Waals surface area contributed by atoms with E-state index in [2.05, 4.69) is 10.3 Å². The smallest absolute Gasteiger partial charge is 0.229 e. The number of nitrogens with zero attached hydrogens (tertiary/aromatic N) is 2. The van der Waals surface area contributed by atoms with E-state index in [0.717, 1.165) is 22.3 Å². The zero-order valence-corrected chi connectivity index (χ0v) is 14.9. The van der Waals surface area contributed by atoms with Crippen molar-refractivity contribution in [1.82, 2.24) is 9.55 Å². The van der Waals surface area contributed by atoms with Gasteiger partial charge in [0.05, 0.1) is 11.0 Å². The number of fused-ring (bicyclic) bond motifs is 1. The molecule has 1 N–H and O–H groups in total. The Morgan fingerprint density at radius 3 is 2.44 bits per heavy atom. The highest BCUT2D eigenvalue weighted by atomic mass is 19.1. The number of carbonyl (C=O) groups excluding carboxylic acids is 1. The summed E-state index contributed by atoms with van der Waals surface area (Å²) in [5.74, 6) is 0.160. The number of nitrogens with one attached hydrogen (secondary N) is 1. The molecule has 0 fully saturated rings. The predicted octanol–water partition coefficient (Wildman–Crippen LogP) is 4.70. The number of aromatic nitrogens is 2. The normalized spacial score (nSPS) is 12.6. The van der Waals surface area contributed by atoms with Crippen LogP contribution >= 0.6 is 0 Å². The summed E-state index contributed by atoms with van der Waals surface area (Å²) < 4.78 is 15.2. The number of imidazole rings is 1. The van der Waals surface area contributed by atoms with Gasteiger partial charge in [0, 0.05) is 11.6 Å². The zero-order valence-electron chi connectivity index (χ0n) is 14.9. The van der Waals surface area contributed by atoms with Gasteiger partial charge < -0.3 is 0 Å². The van der Waals surface area contributed by atoms with Crippen molar-refractivity contribution >= 4 is 22.9 Å². The first kappa shape index (κ1) is 17.1. The van der Waals surface area contributed by atoms with Gasteiger partial charge in [-0.3, -0.25) is 14.7 Å². The van der Waals surface area contributed by atoms with Crippen molar-refractivity contribution in [1.29, 1.82) is 0 Å². The fraction of sp³-hybridized carbons (Fsp3) is 0.300. The predicted molar refractivity (Wildman–Crippen MR) is 98.4 cm³/mol. The molecule has 0 aliphatic heterocycles. The lowest BCUT2D eigenvalue weighted by molar-refractivity contribution is -0.120. The number of hydrogen-bond donors (Lipinski definition) is 1. The third kappa shape index (κ3) is 3.40.